The van der Waals surface area contributed by atoms with Gasteiger partial charge in [0.05, 0.1) is 30.0 Å². The van der Waals surface area contributed by atoms with Gasteiger partial charge < -0.3 is 4.90 Å². The Labute approximate surface area is 179 Å². The van der Waals surface area contributed by atoms with E-state index in [-0.39, 0.29) is 48.9 Å². The fourth-order valence-corrected chi connectivity index (χ4v) is 4.32. The van der Waals surface area contributed by atoms with Crippen LogP contribution in [0.2, 0.25) is 0 Å². The number of halogens is 4. The molecule has 0 bridgehead atoms. The van der Waals surface area contributed by atoms with Crippen LogP contribution in [0.15, 0.2) is 29.3 Å². The largest absolute Gasteiger partial charge is 0.392 e. The second-order valence-electron chi connectivity index (χ2n) is 7.93. The van der Waals surface area contributed by atoms with Gasteiger partial charge in [-0.15, -0.1) is 5.10 Å². The number of alkyl halides is 4. The first-order valence-corrected chi connectivity index (χ1v) is 10.3. The van der Waals surface area contributed by atoms with Gasteiger partial charge in [0.15, 0.2) is 0 Å². The number of hydrogen-bond donors (Lipinski definition) is 1. The zero-order valence-corrected chi connectivity index (χ0v) is 17.3. The summed E-state index contributed by atoms with van der Waals surface area (Å²) in [6.07, 6.45) is -1.73. The number of H-pyrrole nitrogens is 1. The normalized spacial score (nSPS) is 16.6. The highest BCUT2D eigenvalue weighted by Crippen LogP contribution is 2.39. The van der Waals surface area contributed by atoms with E-state index in [1.807, 2.05) is 0 Å². The Bertz CT molecular complexity index is 1170. The number of aromatic nitrogens is 5. The van der Waals surface area contributed by atoms with Crippen molar-refractivity contribution in [3.05, 3.63) is 46.1 Å². The Hall–Kier alpha value is -3.18. The molecule has 8 nitrogen and oxygen atoms in total. The molecule has 0 radical (unpaired) electrons. The van der Waals surface area contributed by atoms with Crippen LogP contribution in [-0.4, -0.2) is 61.1 Å². The van der Waals surface area contributed by atoms with Crippen LogP contribution in [0, 0.1) is 18.8 Å². The summed E-state index contributed by atoms with van der Waals surface area (Å²) in [4.78, 5) is 29.3. The Kier molecular flexibility index (Phi) is 5.78. The summed E-state index contributed by atoms with van der Waals surface area (Å²) >= 11 is 0. The number of nitrogens with zero attached hydrogens (tertiary/aromatic N) is 5. The summed E-state index contributed by atoms with van der Waals surface area (Å²) in [5.41, 5.74) is 0.715. The lowest BCUT2D eigenvalue weighted by Gasteiger charge is -2.36. The molecule has 1 fully saturated rings. The van der Waals surface area contributed by atoms with Crippen molar-refractivity contribution in [2.45, 2.75) is 32.4 Å². The van der Waals surface area contributed by atoms with E-state index >= 15 is 0 Å². The number of hydrogen-bond acceptors (Lipinski definition) is 4. The molecular weight excluding hydrogens is 432 g/mol. The van der Waals surface area contributed by atoms with Gasteiger partial charge in [-0.3, -0.25) is 19.0 Å². The number of carbonyl (C=O) groups excluding carboxylic acids is 1. The molecule has 1 amide bonds. The summed E-state index contributed by atoms with van der Waals surface area (Å²) in [7, 11) is 0. The molecule has 3 aromatic rings. The minimum absolute atomic E-state index is 0.133. The maximum atomic E-state index is 13.2. The number of aromatic amines is 1. The van der Waals surface area contributed by atoms with Crippen molar-refractivity contribution < 1.29 is 22.4 Å². The fraction of sp³-hybridized carbons (Fsp3) is 0.500. The third-order valence-electron chi connectivity index (χ3n) is 6.07. The van der Waals surface area contributed by atoms with Crippen LogP contribution in [0.1, 0.15) is 35.3 Å². The summed E-state index contributed by atoms with van der Waals surface area (Å²) in [6.45, 7) is 0.926. The number of amides is 1. The first-order chi connectivity index (χ1) is 15.2. The van der Waals surface area contributed by atoms with E-state index in [4.69, 9.17) is 0 Å². The van der Waals surface area contributed by atoms with Crippen molar-refractivity contribution in [1.29, 1.82) is 0 Å². The third kappa shape index (κ3) is 4.00. The standard InChI is InChI=1S/C20H22F4N6O2/c1-12-14(11-25-30(12)19-26-17(31)16-3-2-8-29(16)27-19)18(32)28-9-5-13(6-10-28)15(4-7-21)20(22,23)24/h2-3,8,11,13,15H,4-7,9-10H2,1H3,(H,26,27,31). The number of piperidine rings is 1. The van der Waals surface area contributed by atoms with Gasteiger partial charge in [-0.05, 0) is 44.2 Å². The van der Waals surface area contributed by atoms with Gasteiger partial charge in [-0.1, -0.05) is 0 Å². The maximum Gasteiger partial charge on any atom is 0.392 e. The average Bonchev–Trinajstić information content (AvgIpc) is 3.37. The van der Waals surface area contributed by atoms with Crippen molar-refractivity contribution in [3.8, 4) is 5.95 Å². The molecule has 3 aromatic heterocycles. The van der Waals surface area contributed by atoms with Crippen LogP contribution in [-0.2, 0) is 0 Å². The Morgan fingerprint density at radius 2 is 2.03 bits per heavy atom. The molecule has 1 aliphatic rings. The molecule has 4 rings (SSSR count). The molecular formula is C20H22F4N6O2. The fourth-order valence-electron chi connectivity index (χ4n) is 4.32. The predicted octanol–water partition coefficient (Wildman–Crippen LogP) is 2.91. The van der Waals surface area contributed by atoms with Crippen LogP contribution in [0.3, 0.4) is 0 Å². The highest BCUT2D eigenvalue weighted by atomic mass is 19.4. The molecule has 1 unspecified atom stereocenters. The number of fused-ring (bicyclic) bond motifs is 1. The quantitative estimate of drug-likeness (QED) is 0.601. The molecule has 0 aliphatic carbocycles. The average molecular weight is 454 g/mol. The monoisotopic (exact) mass is 454 g/mol. The molecule has 32 heavy (non-hydrogen) atoms. The molecule has 0 spiro atoms. The zero-order valence-electron chi connectivity index (χ0n) is 17.3. The van der Waals surface area contributed by atoms with E-state index in [0.717, 1.165) is 0 Å². The molecule has 1 aliphatic heterocycles. The highest BCUT2D eigenvalue weighted by molar-refractivity contribution is 5.95. The maximum absolute atomic E-state index is 13.2. The highest BCUT2D eigenvalue weighted by Gasteiger charge is 2.45. The molecule has 1 atom stereocenters. The van der Waals surface area contributed by atoms with Crippen LogP contribution < -0.4 is 5.56 Å². The molecule has 172 valence electrons. The third-order valence-corrected chi connectivity index (χ3v) is 6.07. The Morgan fingerprint density at radius 1 is 1.31 bits per heavy atom. The minimum Gasteiger partial charge on any atom is -0.339 e. The van der Waals surface area contributed by atoms with Gasteiger partial charge in [0.2, 0.25) is 5.95 Å². The molecule has 1 saturated heterocycles. The lowest BCUT2D eigenvalue weighted by atomic mass is 9.82. The predicted molar refractivity (Wildman–Crippen MR) is 106 cm³/mol. The van der Waals surface area contributed by atoms with Gasteiger partial charge in [0, 0.05) is 19.3 Å². The molecule has 0 saturated carbocycles. The smallest absolute Gasteiger partial charge is 0.339 e. The SMILES string of the molecule is Cc1c(C(=O)N2CCC(C(CCF)C(F)(F)F)CC2)cnn1-c1nn2cccc2c(=O)[nH]1. The van der Waals surface area contributed by atoms with Gasteiger partial charge in [-0.2, -0.15) is 18.3 Å². The van der Waals surface area contributed by atoms with Gasteiger partial charge >= 0.3 is 6.18 Å². The van der Waals surface area contributed by atoms with Crippen LogP contribution in [0.4, 0.5) is 17.6 Å². The molecule has 12 heteroatoms. The van der Waals surface area contributed by atoms with Crippen molar-refractivity contribution >= 4 is 11.4 Å². The number of carbonyl (C=O) groups is 1. The van der Waals surface area contributed by atoms with Crippen molar-refractivity contribution in [2.75, 3.05) is 19.8 Å². The first-order valence-electron chi connectivity index (χ1n) is 10.3. The van der Waals surface area contributed by atoms with Crippen molar-refractivity contribution in [1.82, 2.24) is 29.3 Å². The van der Waals surface area contributed by atoms with E-state index < -0.39 is 31.1 Å². The summed E-state index contributed by atoms with van der Waals surface area (Å²) in [5.74, 6) is -2.62. The van der Waals surface area contributed by atoms with Crippen LogP contribution in [0.5, 0.6) is 0 Å². The van der Waals surface area contributed by atoms with Gasteiger partial charge in [0.1, 0.15) is 5.52 Å². The lowest BCUT2D eigenvalue weighted by molar-refractivity contribution is -0.195. The topological polar surface area (TPSA) is 88.3 Å². The van der Waals surface area contributed by atoms with Gasteiger partial charge in [-0.25, -0.2) is 9.20 Å². The van der Waals surface area contributed by atoms with Gasteiger partial charge in [0.25, 0.3) is 11.5 Å². The zero-order chi connectivity index (χ0) is 23.0. The number of rotatable bonds is 5. The molecule has 4 heterocycles. The molecule has 1 N–H and O–H groups in total. The summed E-state index contributed by atoms with van der Waals surface area (Å²) in [6, 6.07) is 3.29. The van der Waals surface area contributed by atoms with E-state index in [1.54, 1.807) is 25.3 Å². The second kappa shape index (κ2) is 8.40. The number of likely N-dealkylation sites (tertiary alicyclic amines) is 1. The van der Waals surface area contributed by atoms with E-state index in [1.165, 1.54) is 20.3 Å². The molecule has 0 aromatic carbocycles. The second-order valence-corrected chi connectivity index (χ2v) is 7.93. The summed E-state index contributed by atoms with van der Waals surface area (Å²) < 4.78 is 55.1. The van der Waals surface area contributed by atoms with Crippen LogP contribution >= 0.6 is 0 Å². The Balaban J connectivity index is 1.50. The van der Waals surface area contributed by atoms with E-state index in [0.29, 0.717) is 11.2 Å². The Morgan fingerprint density at radius 3 is 2.69 bits per heavy atom. The first kappa shape index (κ1) is 22.0. The van der Waals surface area contributed by atoms with Crippen molar-refractivity contribution in [2.24, 2.45) is 11.8 Å². The van der Waals surface area contributed by atoms with Crippen molar-refractivity contribution in [3.63, 3.8) is 0 Å². The van der Waals surface area contributed by atoms with E-state index in [2.05, 4.69) is 15.2 Å². The lowest BCUT2D eigenvalue weighted by Crippen LogP contribution is -2.43. The minimum atomic E-state index is -4.45. The summed E-state index contributed by atoms with van der Waals surface area (Å²) in [5, 5.41) is 8.45. The van der Waals surface area contributed by atoms with E-state index in [9.17, 15) is 27.2 Å². The number of nitrogens with one attached hydrogen (secondary N) is 1. The van der Waals surface area contributed by atoms with Crippen LogP contribution in [0.25, 0.3) is 11.5 Å².